The lowest BCUT2D eigenvalue weighted by molar-refractivity contribution is 0.0472. The van der Waals surface area contributed by atoms with E-state index in [0.29, 0.717) is 25.1 Å². The van der Waals surface area contributed by atoms with E-state index in [9.17, 15) is 4.79 Å². The van der Waals surface area contributed by atoms with Crippen LogP contribution in [0.4, 0.5) is 0 Å². The van der Waals surface area contributed by atoms with E-state index in [4.69, 9.17) is 9.57 Å². The van der Waals surface area contributed by atoms with Crippen LogP contribution in [0.5, 0.6) is 5.75 Å². The number of H-pyrrole nitrogens is 1. The highest BCUT2D eigenvalue weighted by atomic mass is 16.7. The van der Waals surface area contributed by atoms with Crippen LogP contribution in [0.2, 0.25) is 0 Å². The molecule has 0 aliphatic carbocycles. The number of aromatic amines is 1. The summed E-state index contributed by atoms with van der Waals surface area (Å²) >= 11 is 0. The third-order valence-corrected chi connectivity index (χ3v) is 5.02. The Morgan fingerprint density at radius 3 is 3.13 bits per heavy atom. The molecule has 156 valence electrons. The molecule has 1 aromatic carbocycles. The van der Waals surface area contributed by atoms with Gasteiger partial charge >= 0.3 is 0 Å². The Morgan fingerprint density at radius 2 is 2.23 bits per heavy atom. The van der Waals surface area contributed by atoms with Crippen molar-refractivity contribution in [3.63, 3.8) is 0 Å². The first-order valence-electron chi connectivity index (χ1n) is 9.90. The van der Waals surface area contributed by atoms with Gasteiger partial charge in [0.05, 0.1) is 24.0 Å². The number of nitrogens with one attached hydrogen (secondary N) is 2. The Bertz CT molecular complexity index is 1230. The van der Waals surface area contributed by atoms with E-state index in [1.165, 1.54) is 0 Å². The molecule has 0 radical (unpaired) electrons. The third kappa shape index (κ3) is 4.11. The van der Waals surface area contributed by atoms with Crippen LogP contribution in [-0.4, -0.2) is 50.5 Å². The van der Waals surface area contributed by atoms with Crippen LogP contribution >= 0.6 is 0 Å². The molecule has 0 saturated heterocycles. The average molecular weight is 416 g/mol. The van der Waals surface area contributed by atoms with Gasteiger partial charge in [-0.2, -0.15) is 5.10 Å². The molecule has 1 aliphatic rings. The molecule has 1 amide bonds. The number of rotatable bonds is 7. The summed E-state index contributed by atoms with van der Waals surface area (Å²) < 4.78 is 7.79. The molecule has 5 rings (SSSR count). The van der Waals surface area contributed by atoms with Crippen LogP contribution in [0.15, 0.2) is 72.5 Å². The molecule has 0 saturated carbocycles. The minimum Gasteiger partial charge on any atom is -0.489 e. The molecule has 4 heterocycles. The number of carbonyl (C=O) groups is 1. The molecule has 9 nitrogen and oxygen atoms in total. The molecule has 2 N–H and O–H groups in total. The number of carbonyl (C=O) groups excluding carboxylic acids is 1. The molecular formula is C22H20N6O3. The highest BCUT2D eigenvalue weighted by molar-refractivity contribution is 5.98. The first-order chi connectivity index (χ1) is 15.3. The fourth-order valence-corrected chi connectivity index (χ4v) is 3.43. The first-order valence-corrected chi connectivity index (χ1v) is 9.90. The van der Waals surface area contributed by atoms with Gasteiger partial charge in [0.25, 0.3) is 5.91 Å². The lowest BCUT2D eigenvalue weighted by Gasteiger charge is -2.13. The minimum absolute atomic E-state index is 0.174. The number of oxime groups is 1. The van der Waals surface area contributed by atoms with Crippen molar-refractivity contribution in [2.75, 3.05) is 13.2 Å². The highest BCUT2D eigenvalue weighted by Crippen LogP contribution is 2.29. The molecule has 1 aliphatic heterocycles. The van der Waals surface area contributed by atoms with Crippen molar-refractivity contribution >= 4 is 17.3 Å². The second-order valence-electron chi connectivity index (χ2n) is 7.18. The minimum atomic E-state index is -0.202. The van der Waals surface area contributed by atoms with E-state index in [1.54, 1.807) is 41.3 Å². The summed E-state index contributed by atoms with van der Waals surface area (Å²) in [5, 5.41) is 13.8. The van der Waals surface area contributed by atoms with Crippen LogP contribution in [-0.2, 0) is 4.84 Å². The van der Waals surface area contributed by atoms with E-state index in [1.807, 2.05) is 30.5 Å². The van der Waals surface area contributed by atoms with Gasteiger partial charge < -0.3 is 19.3 Å². The first kappa shape index (κ1) is 18.9. The predicted molar refractivity (Wildman–Crippen MR) is 114 cm³/mol. The predicted octanol–water partition coefficient (Wildman–Crippen LogP) is 2.68. The van der Waals surface area contributed by atoms with Crippen molar-refractivity contribution in [1.29, 1.82) is 0 Å². The number of aromatic nitrogens is 4. The van der Waals surface area contributed by atoms with E-state index >= 15 is 0 Å². The van der Waals surface area contributed by atoms with Crippen molar-refractivity contribution in [2.24, 2.45) is 5.16 Å². The van der Waals surface area contributed by atoms with E-state index in [-0.39, 0.29) is 12.0 Å². The zero-order chi connectivity index (χ0) is 21.0. The SMILES string of the molecule is O=C(NCC1=NOC(COc2ccccc2-c2cn[nH]c2)C1)c1ccc2nccn2c1. The number of para-hydroxylation sites is 1. The van der Waals surface area contributed by atoms with Gasteiger partial charge in [-0.25, -0.2) is 4.98 Å². The largest absolute Gasteiger partial charge is 0.489 e. The Labute approximate surface area is 177 Å². The van der Waals surface area contributed by atoms with Crippen LogP contribution < -0.4 is 10.1 Å². The van der Waals surface area contributed by atoms with Gasteiger partial charge in [0.2, 0.25) is 0 Å². The summed E-state index contributed by atoms with van der Waals surface area (Å²) in [6.07, 6.45) is 9.21. The molecule has 31 heavy (non-hydrogen) atoms. The van der Waals surface area contributed by atoms with Gasteiger partial charge in [-0.1, -0.05) is 23.4 Å². The summed E-state index contributed by atoms with van der Waals surface area (Å²) in [6, 6.07) is 11.3. The number of fused-ring (bicyclic) bond motifs is 1. The van der Waals surface area contributed by atoms with Crippen molar-refractivity contribution in [1.82, 2.24) is 24.9 Å². The normalized spacial score (nSPS) is 15.5. The Balaban J connectivity index is 1.13. The average Bonchev–Trinajstić information content (AvgIpc) is 3.57. The molecule has 0 spiro atoms. The van der Waals surface area contributed by atoms with Gasteiger partial charge in [0, 0.05) is 42.3 Å². The van der Waals surface area contributed by atoms with Crippen LogP contribution in [0, 0.1) is 0 Å². The van der Waals surface area contributed by atoms with Gasteiger partial charge in [-0.15, -0.1) is 0 Å². The Morgan fingerprint density at radius 1 is 1.29 bits per heavy atom. The smallest absolute Gasteiger partial charge is 0.253 e. The summed E-state index contributed by atoms with van der Waals surface area (Å²) in [5.41, 5.74) is 4.03. The van der Waals surface area contributed by atoms with E-state index < -0.39 is 0 Å². The summed E-state index contributed by atoms with van der Waals surface area (Å²) in [4.78, 5) is 22.1. The quantitative estimate of drug-likeness (QED) is 0.482. The molecule has 9 heteroatoms. The van der Waals surface area contributed by atoms with Gasteiger partial charge in [-0.3, -0.25) is 9.89 Å². The van der Waals surface area contributed by atoms with Gasteiger partial charge in [0.1, 0.15) is 18.0 Å². The maximum absolute atomic E-state index is 12.4. The summed E-state index contributed by atoms with van der Waals surface area (Å²) in [5.74, 6) is 0.580. The molecule has 1 atom stereocenters. The van der Waals surface area contributed by atoms with Crippen molar-refractivity contribution < 1.29 is 14.4 Å². The number of benzene rings is 1. The fraction of sp³-hybridized carbons (Fsp3) is 0.182. The van der Waals surface area contributed by atoms with Crippen molar-refractivity contribution in [3.8, 4) is 16.9 Å². The van der Waals surface area contributed by atoms with Crippen molar-refractivity contribution in [3.05, 3.63) is 72.9 Å². The highest BCUT2D eigenvalue weighted by Gasteiger charge is 2.23. The zero-order valence-electron chi connectivity index (χ0n) is 16.6. The van der Waals surface area contributed by atoms with Crippen LogP contribution in [0.1, 0.15) is 16.8 Å². The molecule has 0 bridgehead atoms. The third-order valence-electron chi connectivity index (χ3n) is 5.02. The Hall–Kier alpha value is -4.14. The maximum atomic E-state index is 12.4. The monoisotopic (exact) mass is 416 g/mol. The number of amides is 1. The van der Waals surface area contributed by atoms with Gasteiger partial charge in [0.15, 0.2) is 6.10 Å². The zero-order valence-corrected chi connectivity index (χ0v) is 16.6. The van der Waals surface area contributed by atoms with E-state index in [0.717, 1.165) is 28.2 Å². The molecule has 3 aromatic heterocycles. The topological polar surface area (TPSA) is 106 Å². The molecule has 4 aromatic rings. The second kappa shape index (κ2) is 8.31. The number of imidazole rings is 1. The summed E-state index contributed by atoms with van der Waals surface area (Å²) in [7, 11) is 0. The molecular weight excluding hydrogens is 396 g/mol. The lowest BCUT2D eigenvalue weighted by atomic mass is 10.1. The molecule has 1 unspecified atom stereocenters. The second-order valence-corrected chi connectivity index (χ2v) is 7.18. The van der Waals surface area contributed by atoms with E-state index in [2.05, 4.69) is 25.7 Å². The Kier molecular flexibility index (Phi) is 5.05. The van der Waals surface area contributed by atoms with Crippen LogP contribution in [0.3, 0.4) is 0 Å². The summed E-state index contributed by atoms with van der Waals surface area (Å²) in [6.45, 7) is 0.677. The standard InChI is InChI=1S/C22H20N6O3/c29-22(15-5-6-21-23-7-8-28(21)13-15)24-12-17-9-18(31-27-17)14-30-20-4-2-1-3-19(20)16-10-25-26-11-16/h1-8,10-11,13,18H,9,12,14H2,(H,24,29)(H,25,26). The number of hydrogen-bond donors (Lipinski definition) is 2. The number of nitrogens with zero attached hydrogens (tertiary/aromatic N) is 4. The number of pyridine rings is 1. The van der Waals surface area contributed by atoms with Gasteiger partial charge in [-0.05, 0) is 18.2 Å². The maximum Gasteiger partial charge on any atom is 0.253 e. The van der Waals surface area contributed by atoms with Crippen molar-refractivity contribution in [2.45, 2.75) is 12.5 Å². The fourth-order valence-electron chi connectivity index (χ4n) is 3.43. The molecule has 0 fully saturated rings. The number of ether oxygens (including phenoxy) is 1. The number of hydrogen-bond acceptors (Lipinski definition) is 6. The van der Waals surface area contributed by atoms with Crippen LogP contribution in [0.25, 0.3) is 16.8 Å². The lowest BCUT2D eigenvalue weighted by Crippen LogP contribution is -2.30.